The first-order valence-electron chi connectivity index (χ1n) is 10.3. The molecule has 1 N–H and O–H groups in total. The van der Waals surface area contributed by atoms with Crippen molar-refractivity contribution in [3.63, 3.8) is 0 Å². The second-order valence-corrected chi connectivity index (χ2v) is 9.03. The van der Waals surface area contributed by atoms with Gasteiger partial charge in [-0.2, -0.15) is 0 Å². The Hall–Kier alpha value is -3.18. The van der Waals surface area contributed by atoms with E-state index in [4.69, 9.17) is 9.15 Å². The number of fused-ring (bicyclic) bond motifs is 3. The third-order valence-corrected chi connectivity index (χ3v) is 5.59. The molecule has 160 valence electrons. The van der Waals surface area contributed by atoms with Gasteiger partial charge in [-0.15, -0.1) is 0 Å². The van der Waals surface area contributed by atoms with Crippen LogP contribution in [0.4, 0.5) is 0 Å². The number of furan rings is 1. The Bertz CT molecular complexity index is 1290. The van der Waals surface area contributed by atoms with Crippen LogP contribution in [0.2, 0.25) is 0 Å². The number of aliphatic carboxylic acids is 1. The summed E-state index contributed by atoms with van der Waals surface area (Å²) in [5.41, 5.74) is 6.21. The fourth-order valence-electron chi connectivity index (χ4n) is 4.26. The minimum atomic E-state index is -1.12. The first-order chi connectivity index (χ1) is 14.6. The molecule has 0 aliphatic carbocycles. The highest BCUT2D eigenvalue weighted by Gasteiger charge is 2.33. The lowest BCUT2D eigenvalue weighted by molar-refractivity contribution is -0.160. The molecule has 2 aromatic carbocycles. The number of ether oxygens (including phenoxy) is 1. The van der Waals surface area contributed by atoms with Gasteiger partial charge in [0.2, 0.25) is 0 Å². The highest BCUT2D eigenvalue weighted by molar-refractivity contribution is 6.10. The van der Waals surface area contributed by atoms with Crippen molar-refractivity contribution in [3.05, 3.63) is 65.0 Å². The summed E-state index contributed by atoms with van der Waals surface area (Å²) in [7, 11) is 0. The molecule has 0 amide bonds. The van der Waals surface area contributed by atoms with Gasteiger partial charge in [0.15, 0.2) is 11.7 Å². The van der Waals surface area contributed by atoms with Gasteiger partial charge < -0.3 is 14.3 Å². The van der Waals surface area contributed by atoms with E-state index in [1.165, 1.54) is 0 Å². The molecular weight excluding hydrogens is 390 g/mol. The molecule has 2 aromatic heterocycles. The van der Waals surface area contributed by atoms with Crippen LogP contribution in [0.15, 0.2) is 47.2 Å². The number of nitrogens with zero attached hydrogens (tertiary/aromatic N) is 1. The number of hydrogen-bond acceptors (Lipinski definition) is 4. The summed E-state index contributed by atoms with van der Waals surface area (Å²) in [4.78, 5) is 17.1. The Kier molecular flexibility index (Phi) is 5.10. The van der Waals surface area contributed by atoms with Gasteiger partial charge in [0.05, 0.1) is 23.6 Å². The van der Waals surface area contributed by atoms with E-state index < -0.39 is 17.7 Å². The van der Waals surface area contributed by atoms with Crippen molar-refractivity contribution in [1.82, 2.24) is 4.98 Å². The topological polar surface area (TPSA) is 72.6 Å². The molecule has 2 heterocycles. The van der Waals surface area contributed by atoms with E-state index in [1.807, 2.05) is 71.9 Å². The molecule has 1 atom stereocenters. The Morgan fingerprint density at radius 1 is 1.06 bits per heavy atom. The summed E-state index contributed by atoms with van der Waals surface area (Å²) in [5, 5.41) is 12.1. The van der Waals surface area contributed by atoms with Gasteiger partial charge in [-0.05, 0) is 69.9 Å². The van der Waals surface area contributed by atoms with Crippen LogP contribution in [0.1, 0.15) is 49.1 Å². The van der Waals surface area contributed by atoms with E-state index in [-0.39, 0.29) is 0 Å². The Morgan fingerprint density at radius 3 is 2.35 bits per heavy atom. The Labute approximate surface area is 181 Å². The van der Waals surface area contributed by atoms with Crippen molar-refractivity contribution in [1.29, 1.82) is 0 Å². The number of aryl methyl sites for hydroxylation is 3. The fourth-order valence-corrected chi connectivity index (χ4v) is 4.26. The van der Waals surface area contributed by atoms with Crippen molar-refractivity contribution in [3.8, 4) is 11.1 Å². The van der Waals surface area contributed by atoms with Gasteiger partial charge in [0.25, 0.3) is 0 Å². The van der Waals surface area contributed by atoms with Crippen LogP contribution in [-0.4, -0.2) is 21.7 Å². The summed E-state index contributed by atoms with van der Waals surface area (Å²) in [6, 6.07) is 10.1. The van der Waals surface area contributed by atoms with Crippen LogP contribution in [0, 0.1) is 20.8 Å². The maximum Gasteiger partial charge on any atom is 0.337 e. The molecule has 4 rings (SSSR count). The summed E-state index contributed by atoms with van der Waals surface area (Å²) >= 11 is 0. The van der Waals surface area contributed by atoms with Crippen LogP contribution in [0.5, 0.6) is 0 Å². The lowest BCUT2D eigenvalue weighted by atomic mass is 9.85. The fraction of sp³-hybridized carbons (Fsp3) is 0.308. The monoisotopic (exact) mass is 417 g/mol. The Balaban J connectivity index is 2.16. The van der Waals surface area contributed by atoms with Crippen LogP contribution in [0.25, 0.3) is 33.0 Å². The van der Waals surface area contributed by atoms with Crippen LogP contribution < -0.4 is 0 Å². The predicted octanol–water partition coefficient (Wildman–Crippen LogP) is 6.51. The zero-order chi connectivity index (χ0) is 22.5. The highest BCUT2D eigenvalue weighted by Crippen LogP contribution is 2.43. The van der Waals surface area contributed by atoms with Crippen molar-refractivity contribution in [2.75, 3.05) is 0 Å². The number of pyridine rings is 1. The van der Waals surface area contributed by atoms with E-state index in [9.17, 15) is 9.90 Å². The van der Waals surface area contributed by atoms with E-state index in [2.05, 4.69) is 4.98 Å². The molecule has 0 aliphatic rings. The first-order valence-corrected chi connectivity index (χ1v) is 10.3. The van der Waals surface area contributed by atoms with E-state index in [0.29, 0.717) is 11.1 Å². The maximum absolute atomic E-state index is 12.4. The van der Waals surface area contributed by atoms with Gasteiger partial charge in [0.1, 0.15) is 0 Å². The zero-order valence-corrected chi connectivity index (χ0v) is 18.7. The first kappa shape index (κ1) is 21.1. The highest BCUT2D eigenvalue weighted by atomic mass is 16.5. The third kappa shape index (κ3) is 3.70. The zero-order valence-electron chi connectivity index (χ0n) is 18.7. The van der Waals surface area contributed by atoms with Crippen molar-refractivity contribution in [2.45, 2.75) is 53.2 Å². The van der Waals surface area contributed by atoms with Crippen molar-refractivity contribution >= 4 is 27.8 Å². The summed E-state index contributed by atoms with van der Waals surface area (Å²) in [6.45, 7) is 11.6. The third-order valence-electron chi connectivity index (χ3n) is 5.59. The molecule has 5 heteroatoms. The minimum absolute atomic E-state index is 0.634. The molecule has 0 saturated heterocycles. The molecule has 0 spiro atoms. The van der Waals surface area contributed by atoms with Gasteiger partial charge in [-0.25, -0.2) is 4.79 Å². The smallest absolute Gasteiger partial charge is 0.337 e. The summed E-state index contributed by atoms with van der Waals surface area (Å²) < 4.78 is 11.7. The van der Waals surface area contributed by atoms with Gasteiger partial charge in [-0.3, -0.25) is 4.98 Å². The molecule has 0 fully saturated rings. The number of rotatable bonds is 4. The quantitative estimate of drug-likeness (QED) is 0.409. The second kappa shape index (κ2) is 7.50. The predicted molar refractivity (Wildman–Crippen MR) is 122 cm³/mol. The molecule has 0 aliphatic heterocycles. The average molecular weight is 418 g/mol. The van der Waals surface area contributed by atoms with Crippen LogP contribution >= 0.6 is 0 Å². The molecule has 31 heavy (non-hydrogen) atoms. The molecule has 0 bridgehead atoms. The number of carboxylic acids is 1. The summed E-state index contributed by atoms with van der Waals surface area (Å²) in [6.07, 6.45) is 2.23. The lowest BCUT2D eigenvalue weighted by Gasteiger charge is -2.29. The number of aromatic nitrogens is 1. The second-order valence-electron chi connectivity index (χ2n) is 9.03. The number of hydrogen-bond donors (Lipinski definition) is 1. The van der Waals surface area contributed by atoms with E-state index >= 15 is 0 Å². The normalized spacial score (nSPS) is 13.1. The molecule has 4 aromatic rings. The Morgan fingerprint density at radius 2 is 1.74 bits per heavy atom. The standard InChI is InChI=1S/C26H27NO4/c1-14-7-9-17(10-8-14)20-15(2)21-18-11-12-30-19(18)13-27-23(21)16(3)22(20)24(25(28)29)31-26(4,5)6/h7-13,24H,1-6H3,(H,28,29)/t24-/m0/s1. The summed E-state index contributed by atoms with van der Waals surface area (Å²) in [5.74, 6) is -1.02. The maximum atomic E-state index is 12.4. The van der Waals surface area contributed by atoms with Gasteiger partial charge in [0, 0.05) is 16.3 Å². The van der Waals surface area contributed by atoms with Gasteiger partial charge in [-0.1, -0.05) is 29.8 Å². The number of benzene rings is 2. The molecule has 0 radical (unpaired) electrons. The van der Waals surface area contributed by atoms with E-state index in [1.54, 1.807) is 12.5 Å². The molecule has 0 saturated carbocycles. The van der Waals surface area contributed by atoms with Crippen LogP contribution in [0.3, 0.4) is 0 Å². The SMILES string of the molecule is Cc1ccc(-c2c([C@H](OC(C)(C)C)C(=O)O)c(C)c3ncc4occc4c3c2C)cc1. The molecule has 5 nitrogen and oxygen atoms in total. The molecule has 0 unspecified atom stereocenters. The van der Waals surface area contributed by atoms with Crippen LogP contribution in [-0.2, 0) is 9.53 Å². The lowest BCUT2D eigenvalue weighted by Crippen LogP contribution is -2.28. The van der Waals surface area contributed by atoms with Crippen molar-refractivity contribution < 1.29 is 19.1 Å². The van der Waals surface area contributed by atoms with Crippen molar-refractivity contribution in [2.24, 2.45) is 0 Å². The minimum Gasteiger partial charge on any atom is -0.479 e. The van der Waals surface area contributed by atoms with Gasteiger partial charge >= 0.3 is 5.97 Å². The number of carbonyl (C=O) groups is 1. The van der Waals surface area contributed by atoms with E-state index in [0.717, 1.165) is 44.1 Å². The largest absolute Gasteiger partial charge is 0.479 e. The average Bonchev–Trinajstić information content (AvgIpc) is 3.17. The number of carboxylic acid groups (broad SMARTS) is 1. The molecular formula is C26H27NO4.